The number of halogens is 1. The Kier molecular flexibility index (Phi) is 3.89. The van der Waals surface area contributed by atoms with Gasteiger partial charge >= 0.3 is 0 Å². The molecule has 0 atom stereocenters. The van der Waals surface area contributed by atoms with Gasteiger partial charge in [0.1, 0.15) is 30.6 Å². The first kappa shape index (κ1) is 15.3. The Morgan fingerprint density at radius 2 is 1.96 bits per heavy atom. The van der Waals surface area contributed by atoms with Crippen molar-refractivity contribution >= 4 is 33.6 Å². The van der Waals surface area contributed by atoms with E-state index >= 15 is 0 Å². The van der Waals surface area contributed by atoms with Crippen LogP contribution in [0.2, 0.25) is 0 Å². The third kappa shape index (κ3) is 2.84. The Morgan fingerprint density at radius 3 is 2.84 bits per heavy atom. The van der Waals surface area contributed by atoms with Gasteiger partial charge in [0.2, 0.25) is 5.88 Å². The van der Waals surface area contributed by atoms with Gasteiger partial charge in [-0.25, -0.2) is 9.37 Å². The van der Waals surface area contributed by atoms with Crippen LogP contribution in [0.25, 0.3) is 21.9 Å². The Balaban J connectivity index is 1.68. The number of ether oxygens (including phenoxy) is 1. The molecule has 0 amide bonds. The van der Waals surface area contributed by atoms with Crippen molar-refractivity contribution in [3.05, 3.63) is 48.8 Å². The first-order valence-electron chi connectivity index (χ1n) is 7.88. The average molecular weight is 336 g/mol. The number of hydrogen-bond acceptors (Lipinski definition) is 5. The molecule has 0 saturated heterocycles. The van der Waals surface area contributed by atoms with E-state index in [9.17, 15) is 4.39 Å². The fourth-order valence-electron chi connectivity index (χ4n) is 2.82. The molecule has 0 aliphatic rings. The summed E-state index contributed by atoms with van der Waals surface area (Å²) in [5.74, 6) is 1.63. The minimum absolute atomic E-state index is 0.00929. The smallest absolute Gasteiger partial charge is 0.215 e. The summed E-state index contributed by atoms with van der Waals surface area (Å²) in [4.78, 5) is 13.2. The number of hydrogen-bond donors (Lipinski definition) is 1. The summed E-state index contributed by atoms with van der Waals surface area (Å²) < 4.78 is 19.5. The summed E-state index contributed by atoms with van der Waals surface area (Å²) in [6, 6.07) is 11.2. The van der Waals surface area contributed by atoms with E-state index in [-0.39, 0.29) is 6.61 Å². The van der Waals surface area contributed by atoms with Gasteiger partial charge in [-0.2, -0.15) is 4.98 Å². The van der Waals surface area contributed by atoms with Crippen LogP contribution in [0.5, 0.6) is 5.88 Å². The van der Waals surface area contributed by atoms with E-state index in [1.54, 1.807) is 24.4 Å². The number of rotatable bonds is 5. The lowest BCUT2D eigenvalue weighted by Crippen LogP contribution is -2.02. The second kappa shape index (κ2) is 6.35. The molecule has 0 aromatic carbocycles. The van der Waals surface area contributed by atoms with Gasteiger partial charge < -0.3 is 14.6 Å². The van der Waals surface area contributed by atoms with E-state index in [0.717, 1.165) is 21.9 Å². The summed E-state index contributed by atoms with van der Waals surface area (Å²) >= 11 is 0. The Labute approximate surface area is 143 Å². The van der Waals surface area contributed by atoms with Crippen molar-refractivity contribution in [2.24, 2.45) is 7.05 Å². The summed E-state index contributed by atoms with van der Waals surface area (Å²) in [7, 11) is 1.98. The fraction of sp³-hybridized carbons (Fsp3) is 0.167. The predicted octanol–water partition coefficient (Wildman–Crippen LogP) is 3.61. The van der Waals surface area contributed by atoms with Gasteiger partial charge in [-0.3, -0.25) is 4.98 Å². The molecule has 0 saturated carbocycles. The minimum atomic E-state index is -0.548. The van der Waals surface area contributed by atoms with Gasteiger partial charge in [-0.05, 0) is 24.3 Å². The molecule has 0 unspecified atom stereocenters. The zero-order valence-corrected chi connectivity index (χ0v) is 13.6. The second-order valence-electron chi connectivity index (χ2n) is 5.54. The van der Waals surface area contributed by atoms with E-state index in [1.165, 1.54) is 0 Å². The zero-order chi connectivity index (χ0) is 17.2. The van der Waals surface area contributed by atoms with Gasteiger partial charge in [0.25, 0.3) is 0 Å². The predicted molar refractivity (Wildman–Crippen MR) is 95.0 cm³/mol. The highest BCUT2D eigenvalue weighted by Crippen LogP contribution is 2.27. The number of pyridine rings is 3. The lowest BCUT2D eigenvalue weighted by molar-refractivity contribution is 0.265. The number of alkyl halides is 1. The molecule has 4 aromatic heterocycles. The highest BCUT2D eigenvalue weighted by Gasteiger charge is 2.10. The van der Waals surface area contributed by atoms with Crippen molar-refractivity contribution in [1.29, 1.82) is 0 Å². The number of nitrogens with one attached hydrogen (secondary N) is 1. The molecular formula is C18H16FN5O. The molecule has 4 heterocycles. The molecule has 0 bridgehead atoms. The van der Waals surface area contributed by atoms with Crippen LogP contribution in [0, 0.1) is 0 Å². The maximum atomic E-state index is 12.2. The monoisotopic (exact) mass is 336 g/mol. The molecule has 1 N–H and O–H groups in total. The van der Waals surface area contributed by atoms with E-state index in [2.05, 4.69) is 20.3 Å². The quantitative estimate of drug-likeness (QED) is 0.603. The van der Waals surface area contributed by atoms with Crippen molar-refractivity contribution in [1.82, 2.24) is 19.5 Å². The second-order valence-corrected chi connectivity index (χ2v) is 5.54. The fourth-order valence-corrected chi connectivity index (χ4v) is 2.82. The molecular weight excluding hydrogens is 320 g/mol. The first-order chi connectivity index (χ1) is 12.3. The molecule has 0 radical (unpaired) electrons. The topological polar surface area (TPSA) is 64.9 Å². The van der Waals surface area contributed by atoms with E-state index in [0.29, 0.717) is 17.5 Å². The van der Waals surface area contributed by atoms with Crippen molar-refractivity contribution < 1.29 is 9.13 Å². The van der Waals surface area contributed by atoms with Crippen LogP contribution in [0.15, 0.2) is 48.8 Å². The lowest BCUT2D eigenvalue weighted by atomic mass is 10.2. The minimum Gasteiger partial charge on any atom is -0.475 e. The molecule has 7 heteroatoms. The van der Waals surface area contributed by atoms with Gasteiger partial charge in [-0.15, -0.1) is 0 Å². The van der Waals surface area contributed by atoms with Crippen molar-refractivity contribution in [2.75, 3.05) is 18.6 Å². The molecule has 4 aromatic rings. The average Bonchev–Trinajstić information content (AvgIpc) is 2.93. The molecule has 6 nitrogen and oxygen atoms in total. The first-order valence-corrected chi connectivity index (χ1v) is 7.88. The Bertz CT molecular complexity index is 1050. The molecule has 4 rings (SSSR count). The molecule has 126 valence electrons. The third-order valence-electron chi connectivity index (χ3n) is 3.95. The normalized spacial score (nSPS) is 11.1. The van der Waals surface area contributed by atoms with Crippen molar-refractivity contribution in [2.45, 2.75) is 0 Å². The van der Waals surface area contributed by atoms with Gasteiger partial charge in [0, 0.05) is 36.3 Å². The molecule has 0 aliphatic heterocycles. The highest BCUT2D eigenvalue weighted by atomic mass is 18.2. The number of anilines is 2. The summed E-state index contributed by atoms with van der Waals surface area (Å²) in [5, 5.41) is 5.27. The standard InChI is InChI=1S/C18H16FN5O/c1-24-14-7-9-20-11-13(14)12-5-6-16(23-18(12)24)21-15-3-2-4-17(22-15)25-10-8-19/h2-7,9,11H,8,10H2,1H3,(H,21,22,23)/i19-1. The Morgan fingerprint density at radius 1 is 1.08 bits per heavy atom. The number of nitrogens with zero attached hydrogens (tertiary/aromatic N) is 4. The third-order valence-corrected chi connectivity index (χ3v) is 3.95. The maximum absolute atomic E-state index is 12.2. The van der Waals surface area contributed by atoms with E-state index in [4.69, 9.17) is 4.74 Å². The number of aromatic nitrogens is 4. The maximum Gasteiger partial charge on any atom is 0.215 e. The van der Waals surface area contributed by atoms with Crippen LogP contribution in [0.4, 0.5) is 16.0 Å². The van der Waals surface area contributed by atoms with Crippen LogP contribution in [0.3, 0.4) is 0 Å². The summed E-state index contributed by atoms with van der Waals surface area (Å²) in [6.07, 6.45) is 3.62. The molecule has 25 heavy (non-hydrogen) atoms. The largest absolute Gasteiger partial charge is 0.475 e. The Hall–Kier alpha value is -3.22. The van der Waals surface area contributed by atoms with Crippen LogP contribution in [-0.4, -0.2) is 32.8 Å². The van der Waals surface area contributed by atoms with Gasteiger partial charge in [0.15, 0.2) is 0 Å². The summed E-state index contributed by atoms with van der Waals surface area (Å²) in [6.45, 7) is -0.557. The number of fused-ring (bicyclic) bond motifs is 3. The van der Waals surface area contributed by atoms with Crippen LogP contribution in [0.1, 0.15) is 0 Å². The van der Waals surface area contributed by atoms with Gasteiger partial charge in [-0.1, -0.05) is 6.07 Å². The van der Waals surface area contributed by atoms with Crippen LogP contribution >= 0.6 is 0 Å². The highest BCUT2D eigenvalue weighted by molar-refractivity contribution is 6.06. The van der Waals surface area contributed by atoms with E-state index in [1.807, 2.05) is 36.0 Å². The number of aryl methyl sites for hydroxylation is 1. The molecule has 0 aliphatic carbocycles. The molecule has 0 spiro atoms. The SMILES string of the molecule is Cn1c2ccncc2c2ccc(Nc3cccc(OCC[18F])n3)nc21. The zero-order valence-electron chi connectivity index (χ0n) is 13.6. The van der Waals surface area contributed by atoms with Crippen molar-refractivity contribution in [3.8, 4) is 5.88 Å². The summed E-state index contributed by atoms with van der Waals surface area (Å²) in [5.41, 5.74) is 1.94. The van der Waals surface area contributed by atoms with Crippen molar-refractivity contribution in [3.63, 3.8) is 0 Å². The van der Waals surface area contributed by atoms with Gasteiger partial charge in [0.05, 0.1) is 5.52 Å². The van der Waals surface area contributed by atoms with Crippen LogP contribution in [-0.2, 0) is 7.05 Å². The lowest BCUT2D eigenvalue weighted by Gasteiger charge is -2.08. The van der Waals surface area contributed by atoms with E-state index < -0.39 is 6.67 Å². The van der Waals surface area contributed by atoms with Crippen LogP contribution < -0.4 is 10.1 Å². The molecule has 0 fully saturated rings.